The van der Waals surface area contributed by atoms with Crippen LogP contribution in [0.4, 0.5) is 4.79 Å². The van der Waals surface area contributed by atoms with Crippen LogP contribution in [0.15, 0.2) is 18.3 Å². The van der Waals surface area contributed by atoms with Gasteiger partial charge in [-0.3, -0.25) is 14.5 Å². The lowest BCUT2D eigenvalue weighted by molar-refractivity contribution is -0.134. The molecule has 3 heterocycles. The van der Waals surface area contributed by atoms with Gasteiger partial charge in [-0.2, -0.15) is 0 Å². The highest BCUT2D eigenvalue weighted by molar-refractivity contribution is 6.07. The van der Waals surface area contributed by atoms with E-state index in [4.69, 9.17) is 0 Å². The van der Waals surface area contributed by atoms with Crippen LogP contribution in [0.1, 0.15) is 56.7 Å². The van der Waals surface area contributed by atoms with Crippen LogP contribution in [-0.4, -0.2) is 51.3 Å². The zero-order valence-electron chi connectivity index (χ0n) is 14.3. The highest BCUT2D eigenvalue weighted by atomic mass is 16.2. The molecule has 25 heavy (non-hydrogen) atoms. The zero-order chi connectivity index (χ0) is 17.4. The lowest BCUT2D eigenvalue weighted by Crippen LogP contribution is -2.44. The normalized spacial score (nSPS) is 25.2. The largest absolute Gasteiger partial charge is 0.363 e. The summed E-state index contributed by atoms with van der Waals surface area (Å²) in [6.45, 7) is 0.895. The topological polar surface area (TPSA) is 85.5 Å². The van der Waals surface area contributed by atoms with Crippen LogP contribution in [-0.2, 0) is 9.59 Å². The van der Waals surface area contributed by atoms with Gasteiger partial charge >= 0.3 is 6.03 Å². The molecule has 1 aromatic heterocycles. The summed E-state index contributed by atoms with van der Waals surface area (Å²) in [5.41, 5.74) is 0.353. The molecule has 4 amide bonds. The Morgan fingerprint density at radius 3 is 2.76 bits per heavy atom. The lowest BCUT2D eigenvalue weighted by Gasteiger charge is -2.25. The molecule has 1 atom stereocenters. The molecule has 7 heteroatoms. The fourth-order valence-electron chi connectivity index (χ4n) is 4.49. The number of amides is 4. The third-order valence-corrected chi connectivity index (χ3v) is 5.81. The van der Waals surface area contributed by atoms with Gasteiger partial charge in [-0.1, -0.05) is 12.8 Å². The number of rotatable bonds is 4. The van der Waals surface area contributed by atoms with Crippen molar-refractivity contribution < 1.29 is 14.4 Å². The Labute approximate surface area is 146 Å². The molecule has 0 bridgehead atoms. The van der Waals surface area contributed by atoms with Crippen molar-refractivity contribution in [1.29, 1.82) is 0 Å². The van der Waals surface area contributed by atoms with Crippen LogP contribution in [0.5, 0.6) is 0 Å². The Bertz CT molecular complexity index is 679. The standard InChI is InChI=1S/C18H24N4O3/c23-15(21-11-4-6-14(21)13-5-3-10-19-13)7-12-22-16(24)18(20-17(22)25)8-1-2-9-18/h3,5,10,14,19H,1-2,4,6-9,11-12H2,(H,20,25)/t14-/m0/s1. The molecular formula is C18H24N4O3. The van der Waals surface area contributed by atoms with E-state index in [1.807, 2.05) is 23.2 Å². The van der Waals surface area contributed by atoms with Gasteiger partial charge in [-0.25, -0.2) is 4.79 Å². The summed E-state index contributed by atoms with van der Waals surface area (Å²) >= 11 is 0. The number of carbonyl (C=O) groups is 3. The molecule has 0 unspecified atom stereocenters. The number of H-pyrrole nitrogens is 1. The summed E-state index contributed by atoms with van der Waals surface area (Å²) in [5, 5.41) is 2.86. The second-order valence-corrected chi connectivity index (χ2v) is 7.30. The van der Waals surface area contributed by atoms with Crippen molar-refractivity contribution in [2.24, 2.45) is 0 Å². The Balaban J connectivity index is 1.39. The molecule has 2 aliphatic heterocycles. The predicted molar refractivity (Wildman–Crippen MR) is 90.5 cm³/mol. The van der Waals surface area contributed by atoms with E-state index in [9.17, 15) is 14.4 Å². The molecule has 2 saturated heterocycles. The van der Waals surface area contributed by atoms with Crippen molar-refractivity contribution >= 4 is 17.8 Å². The van der Waals surface area contributed by atoms with E-state index >= 15 is 0 Å². The van der Waals surface area contributed by atoms with Gasteiger partial charge in [-0.15, -0.1) is 0 Å². The van der Waals surface area contributed by atoms with Gasteiger partial charge in [-0.05, 0) is 37.8 Å². The Morgan fingerprint density at radius 2 is 2.04 bits per heavy atom. The molecule has 3 aliphatic rings. The average molecular weight is 344 g/mol. The van der Waals surface area contributed by atoms with E-state index in [-0.39, 0.29) is 36.9 Å². The maximum Gasteiger partial charge on any atom is 0.325 e. The minimum atomic E-state index is -0.694. The first-order valence-electron chi connectivity index (χ1n) is 9.18. The molecule has 2 N–H and O–H groups in total. The molecule has 1 aliphatic carbocycles. The molecule has 0 aromatic carbocycles. The summed E-state index contributed by atoms with van der Waals surface area (Å²) in [4.78, 5) is 43.8. The van der Waals surface area contributed by atoms with Crippen LogP contribution >= 0.6 is 0 Å². The molecule has 3 fully saturated rings. The second-order valence-electron chi connectivity index (χ2n) is 7.30. The van der Waals surface area contributed by atoms with E-state index in [0.29, 0.717) is 12.8 Å². The summed E-state index contributed by atoms with van der Waals surface area (Å²) < 4.78 is 0. The summed E-state index contributed by atoms with van der Waals surface area (Å²) in [6.07, 6.45) is 7.32. The maximum absolute atomic E-state index is 12.7. The Hall–Kier alpha value is -2.31. The third kappa shape index (κ3) is 2.71. The molecule has 134 valence electrons. The fraction of sp³-hybridized carbons (Fsp3) is 0.611. The van der Waals surface area contributed by atoms with Crippen molar-refractivity contribution in [1.82, 2.24) is 20.1 Å². The number of nitrogens with zero attached hydrogens (tertiary/aromatic N) is 2. The SMILES string of the molecule is O=C1NC2(CCCC2)C(=O)N1CCC(=O)N1CCC[C@H]1c1ccc[nH]1. The summed E-state index contributed by atoms with van der Waals surface area (Å²) in [5.74, 6) is -0.143. The predicted octanol–water partition coefficient (Wildman–Crippen LogP) is 1.93. The number of carbonyl (C=O) groups excluding carboxylic acids is 3. The van der Waals surface area contributed by atoms with E-state index < -0.39 is 5.54 Å². The Morgan fingerprint density at radius 1 is 1.24 bits per heavy atom. The van der Waals surface area contributed by atoms with Crippen LogP contribution in [0.25, 0.3) is 0 Å². The summed E-state index contributed by atoms with van der Waals surface area (Å²) in [7, 11) is 0. The first-order valence-corrected chi connectivity index (χ1v) is 9.18. The van der Waals surface area contributed by atoms with Gasteiger partial charge in [0.25, 0.3) is 5.91 Å². The van der Waals surface area contributed by atoms with Crippen molar-refractivity contribution in [2.45, 2.75) is 56.5 Å². The van der Waals surface area contributed by atoms with E-state index in [2.05, 4.69) is 10.3 Å². The number of likely N-dealkylation sites (tertiary alicyclic amines) is 1. The first kappa shape index (κ1) is 16.2. The number of hydrogen-bond acceptors (Lipinski definition) is 3. The van der Waals surface area contributed by atoms with Crippen molar-refractivity contribution in [2.75, 3.05) is 13.1 Å². The Kier molecular flexibility index (Phi) is 4.01. The highest BCUT2D eigenvalue weighted by Crippen LogP contribution is 2.35. The van der Waals surface area contributed by atoms with Crippen molar-refractivity contribution in [3.05, 3.63) is 24.0 Å². The minimum Gasteiger partial charge on any atom is -0.363 e. The van der Waals surface area contributed by atoms with E-state index in [1.165, 1.54) is 4.90 Å². The van der Waals surface area contributed by atoms with Crippen LogP contribution in [0.3, 0.4) is 0 Å². The van der Waals surface area contributed by atoms with Gasteiger partial charge in [0, 0.05) is 31.4 Å². The molecule has 1 saturated carbocycles. The molecule has 7 nitrogen and oxygen atoms in total. The number of hydrogen-bond donors (Lipinski definition) is 2. The highest BCUT2D eigenvalue weighted by Gasteiger charge is 2.52. The second kappa shape index (κ2) is 6.20. The molecular weight excluding hydrogens is 320 g/mol. The number of aromatic nitrogens is 1. The van der Waals surface area contributed by atoms with Gasteiger partial charge in [0.05, 0.1) is 6.04 Å². The summed E-state index contributed by atoms with van der Waals surface area (Å²) in [6, 6.07) is 3.66. The van der Waals surface area contributed by atoms with E-state index in [1.54, 1.807) is 0 Å². The maximum atomic E-state index is 12.7. The van der Waals surface area contributed by atoms with Crippen LogP contribution < -0.4 is 5.32 Å². The smallest absolute Gasteiger partial charge is 0.325 e. The molecule has 0 radical (unpaired) electrons. The van der Waals surface area contributed by atoms with Gasteiger partial charge in [0.15, 0.2) is 0 Å². The van der Waals surface area contributed by atoms with Crippen LogP contribution in [0, 0.1) is 0 Å². The monoisotopic (exact) mass is 344 g/mol. The van der Waals surface area contributed by atoms with E-state index in [0.717, 1.165) is 37.9 Å². The van der Waals surface area contributed by atoms with Gasteiger partial charge in [0.1, 0.15) is 5.54 Å². The number of nitrogens with one attached hydrogen (secondary N) is 2. The average Bonchev–Trinajstić information content (AvgIpc) is 3.36. The first-order chi connectivity index (χ1) is 12.1. The molecule has 1 aromatic rings. The molecule has 4 rings (SSSR count). The number of urea groups is 1. The third-order valence-electron chi connectivity index (χ3n) is 5.81. The van der Waals surface area contributed by atoms with Gasteiger partial charge < -0.3 is 15.2 Å². The van der Waals surface area contributed by atoms with Gasteiger partial charge in [0.2, 0.25) is 5.91 Å². The van der Waals surface area contributed by atoms with Crippen LogP contribution in [0.2, 0.25) is 0 Å². The lowest BCUT2D eigenvalue weighted by atomic mass is 9.98. The number of imide groups is 1. The minimum absolute atomic E-state index is 0.00470. The van der Waals surface area contributed by atoms with Crippen molar-refractivity contribution in [3.8, 4) is 0 Å². The number of aromatic amines is 1. The fourth-order valence-corrected chi connectivity index (χ4v) is 4.49. The zero-order valence-corrected chi connectivity index (χ0v) is 14.3. The van der Waals surface area contributed by atoms with Crippen molar-refractivity contribution in [3.63, 3.8) is 0 Å². The molecule has 1 spiro atoms. The quantitative estimate of drug-likeness (QED) is 0.819.